The number of methoxy groups -OCH3 is 1. The smallest absolute Gasteiger partial charge is 0.337 e. The molecule has 0 amide bonds. The zero-order valence-electron chi connectivity index (χ0n) is 27.2. The monoisotopic (exact) mass is 677 g/mol. The number of halogens is 1. The minimum atomic E-state index is -0.337. The average molecular weight is 678 g/mol. The van der Waals surface area contributed by atoms with Crippen LogP contribution in [0.15, 0.2) is 60.0 Å². The summed E-state index contributed by atoms with van der Waals surface area (Å²) in [5, 5.41) is 1.83. The molecule has 7 rings (SSSR count). The molecular formula is C37H44ClN3O5S. The number of hydrogen-bond donors (Lipinski definition) is 0. The highest BCUT2D eigenvalue weighted by molar-refractivity contribution is 7.99. The Morgan fingerprint density at radius 1 is 1.17 bits per heavy atom. The number of carbonyl (C=O) groups is 1. The van der Waals surface area contributed by atoms with E-state index in [0.717, 1.165) is 86.3 Å². The number of rotatable bonds is 9. The van der Waals surface area contributed by atoms with Crippen LogP contribution in [0.25, 0.3) is 0 Å². The van der Waals surface area contributed by atoms with E-state index >= 15 is 0 Å². The van der Waals surface area contributed by atoms with Gasteiger partial charge in [-0.1, -0.05) is 36.4 Å². The molecule has 0 unspecified atom stereocenters. The number of fused-ring (bicyclic) bond motifs is 3. The summed E-state index contributed by atoms with van der Waals surface area (Å²) in [5.41, 5.74) is 4.00. The average Bonchev–Trinajstić information content (AvgIpc) is 3.22. The molecule has 3 heterocycles. The first-order valence-electron chi connectivity index (χ1n) is 17.0. The van der Waals surface area contributed by atoms with Crippen molar-refractivity contribution in [2.24, 2.45) is 11.8 Å². The molecule has 8 nitrogen and oxygen atoms in total. The van der Waals surface area contributed by atoms with E-state index in [1.165, 1.54) is 18.2 Å². The quantitative estimate of drug-likeness (QED) is 0.133. The minimum absolute atomic E-state index is 0.165. The van der Waals surface area contributed by atoms with E-state index in [0.29, 0.717) is 30.6 Å². The third-order valence-electron chi connectivity index (χ3n) is 10.5. The summed E-state index contributed by atoms with van der Waals surface area (Å²) in [6.45, 7) is 5.85. The van der Waals surface area contributed by atoms with Crippen LogP contribution >= 0.6 is 23.4 Å². The number of aromatic nitrogens is 2. The predicted molar refractivity (Wildman–Crippen MR) is 184 cm³/mol. The SMILES string of the molecule is COC(=O)c1ccc2c(c1)N(C[C@@H]1CC[C@H]1[C@H]1C[C@H](OC[C@@H](C)Sc3ncccn3)CCO1)C[C@@]1(CCCc3cc(Cl)ccc31)CO2. The normalized spacial score (nSPS) is 27.5. The van der Waals surface area contributed by atoms with Crippen LogP contribution in [-0.4, -0.2) is 73.4 Å². The standard InChI is InChI=1S/C37H44ClN3O5S/c1-24(47-36-39-14-4-15-40-36)21-45-29-12-16-44-34(19-29)30-9-6-27(30)20-41-22-37(13-3-5-25-17-28(38)8-10-31(25)37)23-46-33-11-7-26(18-32(33)41)35(42)43-2/h4,7-8,10-11,14-15,17-18,24,27,29-30,34H,3,5-6,9,12-13,16,19-23H2,1-2H3/t24-,27+,29-,30-,34-,37+/m1/s1. The van der Waals surface area contributed by atoms with E-state index in [-0.39, 0.29) is 28.8 Å². The lowest BCUT2D eigenvalue weighted by molar-refractivity contribution is -0.116. The number of aryl methyl sites for hydroxylation is 1. The van der Waals surface area contributed by atoms with Gasteiger partial charge in [0, 0.05) is 54.2 Å². The Morgan fingerprint density at radius 3 is 2.85 bits per heavy atom. The molecule has 4 aliphatic rings. The highest BCUT2D eigenvalue weighted by Gasteiger charge is 2.45. The van der Waals surface area contributed by atoms with Crippen LogP contribution in [0, 0.1) is 11.8 Å². The van der Waals surface area contributed by atoms with Crippen molar-refractivity contribution in [2.75, 3.05) is 44.9 Å². The number of hydrogen-bond acceptors (Lipinski definition) is 9. The largest absolute Gasteiger partial charge is 0.490 e. The lowest BCUT2D eigenvalue weighted by atomic mass is 9.67. The summed E-state index contributed by atoms with van der Waals surface area (Å²) in [6, 6.07) is 13.9. The zero-order chi connectivity index (χ0) is 32.4. The lowest BCUT2D eigenvalue weighted by Gasteiger charge is -2.48. The van der Waals surface area contributed by atoms with Gasteiger partial charge in [0.25, 0.3) is 0 Å². The molecule has 10 heteroatoms. The van der Waals surface area contributed by atoms with E-state index in [9.17, 15) is 4.79 Å². The van der Waals surface area contributed by atoms with E-state index in [2.05, 4.69) is 33.9 Å². The van der Waals surface area contributed by atoms with Crippen LogP contribution < -0.4 is 9.64 Å². The summed E-state index contributed by atoms with van der Waals surface area (Å²) in [6.07, 6.45) is 11.3. The molecule has 2 fully saturated rings. The van der Waals surface area contributed by atoms with Gasteiger partial charge in [-0.05, 0) is 97.9 Å². The molecule has 0 N–H and O–H groups in total. The van der Waals surface area contributed by atoms with E-state index in [4.69, 9.17) is 30.5 Å². The van der Waals surface area contributed by atoms with Crippen molar-refractivity contribution < 1.29 is 23.7 Å². The van der Waals surface area contributed by atoms with Gasteiger partial charge in [-0.3, -0.25) is 0 Å². The minimum Gasteiger partial charge on any atom is -0.490 e. The van der Waals surface area contributed by atoms with Gasteiger partial charge in [-0.15, -0.1) is 0 Å². The van der Waals surface area contributed by atoms with Crippen LogP contribution in [0.5, 0.6) is 5.75 Å². The molecule has 6 atom stereocenters. The number of benzene rings is 2. The summed E-state index contributed by atoms with van der Waals surface area (Å²) in [5.74, 6) is 1.43. The topological polar surface area (TPSA) is 83.0 Å². The fraction of sp³-hybridized carbons (Fsp3) is 0.541. The van der Waals surface area contributed by atoms with E-state index in [1.54, 1.807) is 24.2 Å². The van der Waals surface area contributed by atoms with Gasteiger partial charge in [-0.2, -0.15) is 0 Å². The first-order valence-corrected chi connectivity index (χ1v) is 18.2. The maximum atomic E-state index is 12.6. The highest BCUT2D eigenvalue weighted by atomic mass is 35.5. The number of carbonyl (C=O) groups excluding carboxylic acids is 1. The van der Waals surface area contributed by atoms with Crippen molar-refractivity contribution in [1.29, 1.82) is 0 Å². The Labute approximate surface area is 286 Å². The van der Waals surface area contributed by atoms with Gasteiger partial charge in [0.1, 0.15) is 5.75 Å². The van der Waals surface area contributed by atoms with Crippen LogP contribution in [0.2, 0.25) is 5.02 Å². The molecule has 1 saturated carbocycles. The third-order valence-corrected chi connectivity index (χ3v) is 11.7. The summed E-state index contributed by atoms with van der Waals surface area (Å²) < 4.78 is 24.6. The Balaban J connectivity index is 1.07. The van der Waals surface area contributed by atoms with Crippen molar-refractivity contribution in [3.05, 3.63) is 76.6 Å². The molecule has 1 aromatic heterocycles. The predicted octanol–water partition coefficient (Wildman–Crippen LogP) is 7.16. The Bertz CT molecular complexity index is 1560. The van der Waals surface area contributed by atoms with Crippen molar-refractivity contribution in [2.45, 2.75) is 79.9 Å². The van der Waals surface area contributed by atoms with Crippen molar-refractivity contribution in [1.82, 2.24) is 9.97 Å². The fourth-order valence-corrected chi connectivity index (χ4v) is 8.97. The van der Waals surface area contributed by atoms with Crippen molar-refractivity contribution in [3.8, 4) is 5.75 Å². The maximum absolute atomic E-state index is 12.6. The van der Waals surface area contributed by atoms with Crippen LogP contribution in [0.1, 0.15) is 66.9 Å². The first kappa shape index (κ1) is 32.7. The molecule has 3 aromatic rings. The molecule has 2 aromatic carbocycles. The van der Waals surface area contributed by atoms with Gasteiger partial charge < -0.3 is 23.8 Å². The number of thioether (sulfide) groups is 1. The van der Waals surface area contributed by atoms with Gasteiger partial charge in [0.15, 0.2) is 5.16 Å². The first-order chi connectivity index (χ1) is 22.9. The molecule has 2 aliphatic heterocycles. The van der Waals surface area contributed by atoms with Gasteiger partial charge >= 0.3 is 5.97 Å². The van der Waals surface area contributed by atoms with E-state index in [1.807, 2.05) is 30.3 Å². The summed E-state index contributed by atoms with van der Waals surface area (Å²) in [4.78, 5) is 23.8. The fourth-order valence-electron chi connectivity index (χ4n) is 8.03. The van der Waals surface area contributed by atoms with Crippen LogP contribution in [0.4, 0.5) is 5.69 Å². The molecule has 1 saturated heterocycles. The molecule has 0 radical (unpaired) electrons. The van der Waals surface area contributed by atoms with Gasteiger partial charge in [-0.25, -0.2) is 14.8 Å². The summed E-state index contributed by atoms with van der Waals surface area (Å²) in [7, 11) is 1.43. The Hall–Kier alpha value is -2.85. The number of esters is 1. The molecular weight excluding hydrogens is 634 g/mol. The second-order valence-electron chi connectivity index (χ2n) is 13.6. The number of nitrogens with zero attached hydrogens (tertiary/aromatic N) is 3. The maximum Gasteiger partial charge on any atom is 0.337 e. The van der Waals surface area contributed by atoms with Gasteiger partial charge in [0.05, 0.1) is 43.8 Å². The second-order valence-corrected chi connectivity index (χ2v) is 15.5. The Kier molecular flexibility index (Phi) is 9.96. The van der Waals surface area contributed by atoms with Crippen LogP contribution in [-0.2, 0) is 26.0 Å². The molecule has 47 heavy (non-hydrogen) atoms. The van der Waals surface area contributed by atoms with Crippen LogP contribution in [0.3, 0.4) is 0 Å². The number of anilines is 1. The van der Waals surface area contributed by atoms with Gasteiger partial charge in [0.2, 0.25) is 0 Å². The summed E-state index contributed by atoms with van der Waals surface area (Å²) >= 11 is 8.10. The van der Waals surface area contributed by atoms with Crippen molar-refractivity contribution >= 4 is 35.0 Å². The van der Waals surface area contributed by atoms with Crippen molar-refractivity contribution in [3.63, 3.8) is 0 Å². The second kappa shape index (κ2) is 14.3. The lowest BCUT2D eigenvalue weighted by Crippen LogP contribution is -2.50. The molecule has 0 bridgehead atoms. The van der Waals surface area contributed by atoms with E-state index < -0.39 is 0 Å². The zero-order valence-corrected chi connectivity index (χ0v) is 28.8. The third kappa shape index (κ3) is 7.14. The number of ether oxygens (including phenoxy) is 4. The molecule has 1 spiro atoms. The highest BCUT2D eigenvalue weighted by Crippen LogP contribution is 2.47. The Morgan fingerprint density at radius 2 is 2.04 bits per heavy atom. The molecule has 2 aliphatic carbocycles. The molecule has 250 valence electrons.